The van der Waals surface area contributed by atoms with Gasteiger partial charge in [-0.15, -0.1) is 0 Å². The van der Waals surface area contributed by atoms with Crippen molar-refractivity contribution < 1.29 is 19.2 Å². The van der Waals surface area contributed by atoms with Gasteiger partial charge >= 0.3 is 0 Å². The smallest absolute Gasteiger partial charge is 0.255 e. The SMILES string of the molecule is O=C(CCCCCCCCC(=O)Nc1ccccc1C(=O)N1CCCCC1)Nc1ccccc1C(=O)N1CCCCC1. The van der Waals surface area contributed by atoms with Crippen molar-refractivity contribution in [3.63, 3.8) is 0 Å². The highest BCUT2D eigenvalue weighted by atomic mass is 16.2. The summed E-state index contributed by atoms with van der Waals surface area (Å²) in [5, 5.41) is 5.90. The van der Waals surface area contributed by atoms with Gasteiger partial charge in [-0.2, -0.15) is 0 Å². The van der Waals surface area contributed by atoms with Gasteiger partial charge in [0.25, 0.3) is 11.8 Å². The average molecular weight is 575 g/mol. The van der Waals surface area contributed by atoms with Gasteiger partial charge in [-0.25, -0.2) is 0 Å². The average Bonchev–Trinajstić information content (AvgIpc) is 3.03. The number of piperidine rings is 2. The predicted octanol–water partition coefficient (Wildman–Crippen LogP) is 6.64. The van der Waals surface area contributed by atoms with Crippen molar-refractivity contribution >= 4 is 35.0 Å². The number of carbonyl (C=O) groups is 4. The van der Waals surface area contributed by atoms with Gasteiger partial charge in [0.15, 0.2) is 0 Å². The van der Waals surface area contributed by atoms with E-state index in [2.05, 4.69) is 10.6 Å². The Kier molecular flexibility index (Phi) is 12.4. The van der Waals surface area contributed by atoms with Crippen LogP contribution >= 0.6 is 0 Å². The van der Waals surface area contributed by atoms with E-state index in [1.54, 1.807) is 24.3 Å². The Hall–Kier alpha value is -3.68. The molecule has 2 heterocycles. The summed E-state index contributed by atoms with van der Waals surface area (Å²) < 4.78 is 0. The molecule has 8 nitrogen and oxygen atoms in total. The summed E-state index contributed by atoms with van der Waals surface area (Å²) in [6.07, 6.45) is 12.8. The molecule has 2 fully saturated rings. The number of hydrogen-bond donors (Lipinski definition) is 2. The van der Waals surface area contributed by atoms with E-state index < -0.39 is 0 Å². The summed E-state index contributed by atoms with van der Waals surface area (Å²) in [5.74, 6) is -0.141. The number of nitrogens with one attached hydrogen (secondary N) is 2. The molecule has 4 amide bonds. The zero-order valence-electron chi connectivity index (χ0n) is 24.9. The fourth-order valence-electron chi connectivity index (χ4n) is 5.80. The van der Waals surface area contributed by atoms with Gasteiger partial charge in [0.2, 0.25) is 11.8 Å². The normalized spacial score (nSPS) is 15.2. The Morgan fingerprint density at radius 2 is 0.857 bits per heavy atom. The lowest BCUT2D eigenvalue weighted by molar-refractivity contribution is -0.117. The maximum atomic E-state index is 13.0. The molecular weight excluding hydrogens is 528 g/mol. The molecule has 2 aromatic rings. The van der Waals surface area contributed by atoms with E-state index in [1.807, 2.05) is 34.1 Å². The number of benzene rings is 2. The molecule has 0 bridgehead atoms. The van der Waals surface area contributed by atoms with Crippen LogP contribution in [-0.4, -0.2) is 59.6 Å². The van der Waals surface area contributed by atoms with Crippen molar-refractivity contribution in [3.8, 4) is 0 Å². The molecule has 2 aliphatic rings. The molecule has 4 rings (SSSR count). The van der Waals surface area contributed by atoms with E-state index in [0.717, 1.165) is 103 Å². The molecule has 2 aliphatic heterocycles. The summed E-state index contributed by atoms with van der Waals surface area (Å²) in [7, 11) is 0. The number of carbonyl (C=O) groups excluding carboxylic acids is 4. The van der Waals surface area contributed by atoms with Crippen LogP contribution < -0.4 is 10.6 Å². The fourth-order valence-corrected chi connectivity index (χ4v) is 5.80. The lowest BCUT2D eigenvalue weighted by Gasteiger charge is -2.27. The summed E-state index contributed by atoms with van der Waals surface area (Å²) >= 11 is 0. The van der Waals surface area contributed by atoms with E-state index in [4.69, 9.17) is 0 Å². The molecule has 2 aromatic carbocycles. The quantitative estimate of drug-likeness (QED) is 0.262. The van der Waals surface area contributed by atoms with Gasteiger partial charge in [-0.3, -0.25) is 19.2 Å². The Morgan fingerprint density at radius 1 is 0.500 bits per heavy atom. The lowest BCUT2D eigenvalue weighted by Crippen LogP contribution is -2.36. The van der Waals surface area contributed by atoms with Crippen molar-refractivity contribution in [1.29, 1.82) is 0 Å². The highest BCUT2D eigenvalue weighted by molar-refractivity contribution is 6.04. The van der Waals surface area contributed by atoms with Gasteiger partial charge in [0.05, 0.1) is 22.5 Å². The molecule has 0 unspecified atom stereocenters. The monoisotopic (exact) mass is 574 g/mol. The van der Waals surface area contributed by atoms with Gasteiger partial charge in [0, 0.05) is 39.0 Å². The highest BCUT2D eigenvalue weighted by Gasteiger charge is 2.22. The third-order valence-corrected chi connectivity index (χ3v) is 8.21. The first kappa shape index (κ1) is 31.3. The van der Waals surface area contributed by atoms with E-state index >= 15 is 0 Å². The van der Waals surface area contributed by atoms with Gasteiger partial charge < -0.3 is 20.4 Å². The van der Waals surface area contributed by atoms with Gasteiger partial charge in [-0.05, 0) is 75.6 Å². The van der Waals surface area contributed by atoms with Crippen molar-refractivity contribution in [2.45, 2.75) is 89.9 Å². The minimum Gasteiger partial charge on any atom is -0.339 e. The molecule has 0 atom stereocenters. The van der Waals surface area contributed by atoms with Crippen LogP contribution in [0.5, 0.6) is 0 Å². The van der Waals surface area contributed by atoms with E-state index in [9.17, 15) is 19.2 Å². The Labute approximate surface area is 250 Å². The number of para-hydroxylation sites is 2. The molecule has 0 aromatic heterocycles. The van der Waals surface area contributed by atoms with Crippen LogP contribution in [0.4, 0.5) is 11.4 Å². The van der Waals surface area contributed by atoms with Gasteiger partial charge in [0.1, 0.15) is 0 Å². The molecule has 8 heteroatoms. The Balaban J connectivity index is 1.09. The van der Waals surface area contributed by atoms with Crippen LogP contribution in [-0.2, 0) is 9.59 Å². The number of rotatable bonds is 13. The van der Waals surface area contributed by atoms with Crippen molar-refractivity contribution in [1.82, 2.24) is 9.80 Å². The van der Waals surface area contributed by atoms with Crippen LogP contribution in [0.3, 0.4) is 0 Å². The topological polar surface area (TPSA) is 98.8 Å². The maximum absolute atomic E-state index is 13.0. The van der Waals surface area contributed by atoms with Crippen LogP contribution in [0.15, 0.2) is 48.5 Å². The second kappa shape index (κ2) is 16.7. The minimum atomic E-state index is -0.0652. The summed E-state index contributed by atoms with van der Waals surface area (Å²) in [5.41, 5.74) is 2.31. The van der Waals surface area contributed by atoms with Crippen LogP contribution in [0, 0.1) is 0 Å². The molecule has 2 saturated heterocycles. The zero-order valence-corrected chi connectivity index (χ0v) is 24.9. The second-order valence-electron chi connectivity index (χ2n) is 11.5. The molecule has 0 saturated carbocycles. The third kappa shape index (κ3) is 9.43. The number of anilines is 2. The van der Waals surface area contributed by atoms with Crippen molar-refractivity contribution in [2.75, 3.05) is 36.8 Å². The zero-order chi connectivity index (χ0) is 29.6. The molecule has 2 N–H and O–H groups in total. The number of likely N-dealkylation sites (tertiary alicyclic amines) is 2. The molecule has 42 heavy (non-hydrogen) atoms. The van der Waals surface area contributed by atoms with E-state index in [1.165, 1.54) is 0 Å². The molecule has 0 aliphatic carbocycles. The summed E-state index contributed by atoms with van der Waals surface area (Å²) in [4.78, 5) is 54.8. The lowest BCUT2D eigenvalue weighted by atomic mass is 10.1. The first-order chi connectivity index (χ1) is 20.5. The minimum absolute atomic E-state index is 0.00516. The highest BCUT2D eigenvalue weighted by Crippen LogP contribution is 2.22. The third-order valence-electron chi connectivity index (χ3n) is 8.21. The van der Waals surface area contributed by atoms with Crippen LogP contribution in [0.2, 0.25) is 0 Å². The molecule has 0 radical (unpaired) electrons. The number of nitrogens with zero attached hydrogens (tertiary/aromatic N) is 2. The number of amides is 4. The molecular formula is C34H46N4O4. The standard InChI is InChI=1S/C34H46N4O4/c39-31(35-29-19-11-9-17-27(29)33(41)37-23-13-5-14-24-37)21-7-3-1-2-4-8-22-32(40)36-30-20-12-10-18-28(30)34(42)38-25-15-6-16-26-38/h9-12,17-20H,1-8,13-16,21-26H2,(H,35,39)(H,36,40). The van der Waals surface area contributed by atoms with Crippen LogP contribution in [0.25, 0.3) is 0 Å². The van der Waals surface area contributed by atoms with E-state index in [0.29, 0.717) is 35.3 Å². The predicted molar refractivity (Wildman–Crippen MR) is 167 cm³/mol. The Morgan fingerprint density at radius 3 is 1.26 bits per heavy atom. The fraction of sp³-hybridized carbons (Fsp3) is 0.529. The van der Waals surface area contributed by atoms with Crippen LogP contribution in [0.1, 0.15) is 111 Å². The first-order valence-corrected chi connectivity index (χ1v) is 15.9. The maximum Gasteiger partial charge on any atom is 0.255 e. The molecule has 226 valence electrons. The van der Waals surface area contributed by atoms with E-state index in [-0.39, 0.29) is 23.6 Å². The first-order valence-electron chi connectivity index (χ1n) is 15.9. The summed E-state index contributed by atoms with van der Waals surface area (Å²) in [6.45, 7) is 3.11. The van der Waals surface area contributed by atoms with Gasteiger partial charge in [-0.1, -0.05) is 49.9 Å². The van der Waals surface area contributed by atoms with Crippen molar-refractivity contribution in [3.05, 3.63) is 59.7 Å². The Bertz CT molecular complexity index is 1110. The molecule has 0 spiro atoms. The van der Waals surface area contributed by atoms with Crippen molar-refractivity contribution in [2.24, 2.45) is 0 Å². The number of unbranched alkanes of at least 4 members (excludes halogenated alkanes) is 5. The summed E-state index contributed by atoms with van der Waals surface area (Å²) in [6, 6.07) is 14.6. The second-order valence-corrected chi connectivity index (χ2v) is 11.5. The number of hydrogen-bond acceptors (Lipinski definition) is 4. The largest absolute Gasteiger partial charge is 0.339 e.